The van der Waals surface area contributed by atoms with Gasteiger partial charge < -0.3 is 14.8 Å². The molecule has 0 aliphatic rings. The van der Waals surface area contributed by atoms with Crippen molar-refractivity contribution in [3.8, 4) is 5.75 Å². The van der Waals surface area contributed by atoms with E-state index in [0.717, 1.165) is 11.3 Å². The number of carbonyl (C=O) groups is 2. The number of hydrogen-bond donors (Lipinski definition) is 1. The first-order chi connectivity index (χ1) is 11.1. The van der Waals surface area contributed by atoms with E-state index in [-0.39, 0.29) is 12.3 Å². The van der Waals surface area contributed by atoms with Gasteiger partial charge in [0.2, 0.25) is 0 Å². The monoisotopic (exact) mass is 313 g/mol. The first-order valence-corrected chi connectivity index (χ1v) is 7.27. The smallest absolute Gasteiger partial charge is 0.311 e. The number of hydrogen-bond acceptors (Lipinski definition) is 4. The lowest BCUT2D eigenvalue weighted by atomic mass is 10.1. The average Bonchev–Trinajstić information content (AvgIpc) is 2.56. The van der Waals surface area contributed by atoms with Gasteiger partial charge in [-0.1, -0.05) is 30.3 Å². The van der Waals surface area contributed by atoms with Gasteiger partial charge in [0.25, 0.3) is 5.91 Å². The minimum absolute atomic E-state index is 0.104. The van der Waals surface area contributed by atoms with Crippen molar-refractivity contribution < 1.29 is 19.1 Å². The molecule has 0 bridgehead atoms. The topological polar surface area (TPSA) is 64.6 Å². The summed E-state index contributed by atoms with van der Waals surface area (Å²) >= 11 is 0. The second-order valence-corrected chi connectivity index (χ2v) is 5.01. The van der Waals surface area contributed by atoms with Crippen LogP contribution < -0.4 is 10.1 Å². The van der Waals surface area contributed by atoms with E-state index in [2.05, 4.69) is 5.32 Å². The number of carbonyl (C=O) groups excluding carboxylic acids is 2. The molecular weight excluding hydrogens is 294 g/mol. The molecule has 5 heteroatoms. The normalized spacial score (nSPS) is 11.4. The van der Waals surface area contributed by atoms with Crippen molar-refractivity contribution in [2.24, 2.45) is 0 Å². The zero-order valence-electron chi connectivity index (χ0n) is 13.1. The molecule has 0 radical (unpaired) electrons. The molecule has 0 heterocycles. The maximum atomic E-state index is 12.0. The number of benzene rings is 2. The zero-order valence-corrected chi connectivity index (χ0v) is 13.1. The summed E-state index contributed by atoms with van der Waals surface area (Å²) in [5.74, 6) is -0.0946. The molecule has 23 heavy (non-hydrogen) atoms. The van der Waals surface area contributed by atoms with Crippen molar-refractivity contribution in [3.05, 3.63) is 60.2 Å². The number of amides is 1. The Balaban J connectivity index is 1.84. The van der Waals surface area contributed by atoms with Gasteiger partial charge in [0.1, 0.15) is 5.75 Å². The molecular formula is C18H19NO4. The van der Waals surface area contributed by atoms with E-state index in [0.29, 0.717) is 5.69 Å². The predicted molar refractivity (Wildman–Crippen MR) is 87.3 cm³/mol. The Labute approximate surface area is 135 Å². The third kappa shape index (κ3) is 5.14. The number of esters is 1. The fraction of sp³-hybridized carbons (Fsp3) is 0.222. The van der Waals surface area contributed by atoms with Gasteiger partial charge in [-0.15, -0.1) is 0 Å². The minimum Gasteiger partial charge on any atom is -0.497 e. The second kappa shape index (κ2) is 7.98. The first-order valence-electron chi connectivity index (χ1n) is 7.27. The zero-order chi connectivity index (χ0) is 16.7. The summed E-state index contributed by atoms with van der Waals surface area (Å²) < 4.78 is 10.2. The van der Waals surface area contributed by atoms with Gasteiger partial charge in [-0.25, -0.2) is 0 Å². The van der Waals surface area contributed by atoms with E-state index in [9.17, 15) is 9.59 Å². The molecule has 0 aromatic heterocycles. The van der Waals surface area contributed by atoms with Crippen LogP contribution in [0.25, 0.3) is 0 Å². The minimum atomic E-state index is -0.860. The number of para-hydroxylation sites is 1. The Morgan fingerprint density at radius 1 is 1.04 bits per heavy atom. The molecule has 2 aromatic rings. The highest BCUT2D eigenvalue weighted by molar-refractivity contribution is 5.95. The summed E-state index contributed by atoms with van der Waals surface area (Å²) in [6, 6.07) is 16.1. The van der Waals surface area contributed by atoms with Gasteiger partial charge in [0, 0.05) is 5.69 Å². The molecule has 2 aromatic carbocycles. The summed E-state index contributed by atoms with van der Waals surface area (Å²) in [5.41, 5.74) is 1.46. The Morgan fingerprint density at radius 2 is 1.70 bits per heavy atom. The highest BCUT2D eigenvalue weighted by Crippen LogP contribution is 2.12. The van der Waals surface area contributed by atoms with Crippen LogP contribution in [-0.2, 0) is 20.7 Å². The molecule has 0 aliphatic heterocycles. The van der Waals surface area contributed by atoms with Gasteiger partial charge in [0.15, 0.2) is 6.10 Å². The number of ether oxygens (including phenoxy) is 2. The number of rotatable bonds is 6. The standard InChI is InChI=1S/C18H19NO4/c1-13(18(21)19-15-6-4-3-5-7-15)23-17(20)12-14-8-10-16(22-2)11-9-14/h3-11,13H,12H2,1-2H3,(H,19,21)/t13-/m0/s1. The SMILES string of the molecule is COc1ccc(CC(=O)O[C@@H](C)C(=O)Nc2ccccc2)cc1. The first kappa shape index (κ1) is 16.5. The lowest BCUT2D eigenvalue weighted by Gasteiger charge is -2.13. The summed E-state index contributed by atoms with van der Waals surface area (Å²) in [5, 5.41) is 2.69. The van der Waals surface area contributed by atoms with Gasteiger partial charge in [0.05, 0.1) is 13.5 Å². The Bertz CT molecular complexity index is 652. The fourth-order valence-electron chi connectivity index (χ4n) is 1.97. The van der Waals surface area contributed by atoms with Crippen LogP contribution in [0.4, 0.5) is 5.69 Å². The highest BCUT2D eigenvalue weighted by Gasteiger charge is 2.18. The van der Waals surface area contributed by atoms with E-state index in [1.165, 1.54) is 0 Å². The van der Waals surface area contributed by atoms with Crippen molar-refractivity contribution in [2.45, 2.75) is 19.4 Å². The van der Waals surface area contributed by atoms with E-state index < -0.39 is 12.1 Å². The highest BCUT2D eigenvalue weighted by atomic mass is 16.5. The summed E-state index contributed by atoms with van der Waals surface area (Å²) in [4.78, 5) is 23.9. The number of nitrogens with one attached hydrogen (secondary N) is 1. The lowest BCUT2D eigenvalue weighted by Crippen LogP contribution is -2.30. The molecule has 0 saturated heterocycles. The van der Waals surface area contributed by atoms with E-state index in [4.69, 9.17) is 9.47 Å². The third-order valence-electron chi connectivity index (χ3n) is 3.23. The third-order valence-corrected chi connectivity index (χ3v) is 3.23. The quantitative estimate of drug-likeness (QED) is 0.833. The van der Waals surface area contributed by atoms with Crippen LogP contribution in [0.15, 0.2) is 54.6 Å². The van der Waals surface area contributed by atoms with Crippen LogP contribution >= 0.6 is 0 Å². The van der Waals surface area contributed by atoms with Crippen molar-refractivity contribution in [1.29, 1.82) is 0 Å². The van der Waals surface area contributed by atoms with Gasteiger partial charge in [-0.3, -0.25) is 9.59 Å². The van der Waals surface area contributed by atoms with Crippen molar-refractivity contribution in [1.82, 2.24) is 0 Å². The van der Waals surface area contributed by atoms with Crippen molar-refractivity contribution in [3.63, 3.8) is 0 Å². The molecule has 1 atom stereocenters. The van der Waals surface area contributed by atoms with Crippen molar-refractivity contribution in [2.75, 3.05) is 12.4 Å². The molecule has 2 rings (SSSR count). The van der Waals surface area contributed by atoms with Crippen LogP contribution in [0.2, 0.25) is 0 Å². The lowest BCUT2D eigenvalue weighted by molar-refractivity contribution is -0.152. The maximum absolute atomic E-state index is 12.0. The Hall–Kier alpha value is -2.82. The Morgan fingerprint density at radius 3 is 2.30 bits per heavy atom. The second-order valence-electron chi connectivity index (χ2n) is 5.01. The molecule has 0 unspecified atom stereocenters. The summed E-state index contributed by atoms with van der Waals surface area (Å²) in [7, 11) is 1.58. The van der Waals surface area contributed by atoms with Crippen LogP contribution in [0.1, 0.15) is 12.5 Å². The van der Waals surface area contributed by atoms with E-state index >= 15 is 0 Å². The molecule has 1 N–H and O–H groups in total. The summed E-state index contributed by atoms with van der Waals surface area (Å²) in [6.07, 6.45) is -0.756. The van der Waals surface area contributed by atoms with Gasteiger partial charge in [-0.2, -0.15) is 0 Å². The molecule has 5 nitrogen and oxygen atoms in total. The van der Waals surface area contributed by atoms with Gasteiger partial charge >= 0.3 is 5.97 Å². The molecule has 0 saturated carbocycles. The van der Waals surface area contributed by atoms with Crippen LogP contribution in [0, 0.1) is 0 Å². The molecule has 0 spiro atoms. The Kier molecular flexibility index (Phi) is 5.74. The predicted octanol–water partition coefficient (Wildman–Crippen LogP) is 2.81. The molecule has 0 fully saturated rings. The van der Waals surface area contributed by atoms with E-state index in [1.807, 2.05) is 18.2 Å². The van der Waals surface area contributed by atoms with Gasteiger partial charge in [-0.05, 0) is 36.8 Å². The molecule has 0 aliphatic carbocycles. The van der Waals surface area contributed by atoms with Crippen LogP contribution in [0.5, 0.6) is 5.75 Å². The van der Waals surface area contributed by atoms with Crippen LogP contribution in [-0.4, -0.2) is 25.1 Å². The summed E-state index contributed by atoms with van der Waals surface area (Å²) in [6.45, 7) is 1.55. The molecule has 1 amide bonds. The molecule has 120 valence electrons. The largest absolute Gasteiger partial charge is 0.497 e. The average molecular weight is 313 g/mol. The van der Waals surface area contributed by atoms with E-state index in [1.54, 1.807) is 50.4 Å². The van der Waals surface area contributed by atoms with Crippen molar-refractivity contribution >= 4 is 17.6 Å². The fourth-order valence-corrected chi connectivity index (χ4v) is 1.97. The van der Waals surface area contributed by atoms with Crippen LogP contribution in [0.3, 0.4) is 0 Å². The number of anilines is 1. The number of methoxy groups -OCH3 is 1. The maximum Gasteiger partial charge on any atom is 0.311 e.